The third-order valence-corrected chi connectivity index (χ3v) is 5.78. The molecule has 7 heteroatoms. The summed E-state index contributed by atoms with van der Waals surface area (Å²) >= 11 is 0. The quantitative estimate of drug-likeness (QED) is 0.403. The minimum absolute atomic E-state index is 0.0803. The van der Waals surface area contributed by atoms with Gasteiger partial charge in [0.15, 0.2) is 6.79 Å². The number of esters is 3. The van der Waals surface area contributed by atoms with E-state index in [0.717, 1.165) is 0 Å². The molecule has 7 atom stereocenters. The van der Waals surface area contributed by atoms with Crippen LogP contribution in [0.4, 0.5) is 0 Å². The molecule has 7 nitrogen and oxygen atoms in total. The smallest absolute Gasteiger partial charge is 0.312 e. The van der Waals surface area contributed by atoms with Gasteiger partial charge in [0.1, 0.15) is 12.2 Å². The molecule has 0 aromatic rings. The zero-order valence-electron chi connectivity index (χ0n) is 16.0. The predicted octanol–water partition coefficient (Wildman–Crippen LogP) is 2.07. The highest BCUT2D eigenvalue weighted by atomic mass is 16.7. The van der Waals surface area contributed by atoms with E-state index in [4.69, 9.17) is 18.9 Å². The Morgan fingerprint density at radius 3 is 2.58 bits per heavy atom. The maximum atomic E-state index is 12.6. The van der Waals surface area contributed by atoms with E-state index in [-0.39, 0.29) is 36.5 Å². The molecule has 3 fully saturated rings. The summed E-state index contributed by atoms with van der Waals surface area (Å²) in [5, 5.41) is 0. The van der Waals surface area contributed by atoms with Crippen molar-refractivity contribution in [3.63, 3.8) is 0 Å². The van der Waals surface area contributed by atoms with Gasteiger partial charge in [-0.1, -0.05) is 13.8 Å². The first-order valence-corrected chi connectivity index (χ1v) is 9.35. The number of hydrogen-bond donors (Lipinski definition) is 0. The molecule has 0 aromatic carbocycles. The van der Waals surface area contributed by atoms with Gasteiger partial charge in [-0.05, 0) is 33.6 Å². The molecule has 2 saturated carbocycles. The molecule has 0 aromatic heterocycles. The highest BCUT2D eigenvalue weighted by Crippen LogP contribution is 2.59. The van der Waals surface area contributed by atoms with Crippen LogP contribution in [0.1, 0.15) is 47.5 Å². The maximum absolute atomic E-state index is 12.6. The van der Waals surface area contributed by atoms with Crippen LogP contribution in [0, 0.1) is 29.6 Å². The summed E-state index contributed by atoms with van der Waals surface area (Å²) in [6.45, 7) is 9.13. The molecule has 2 aliphatic carbocycles. The molecule has 3 aliphatic rings. The lowest BCUT2D eigenvalue weighted by molar-refractivity contribution is -0.180. The Morgan fingerprint density at radius 2 is 1.96 bits per heavy atom. The average molecular weight is 368 g/mol. The van der Waals surface area contributed by atoms with Crippen LogP contribution in [0.15, 0.2) is 0 Å². The van der Waals surface area contributed by atoms with Crippen molar-refractivity contribution in [3.8, 4) is 0 Å². The lowest BCUT2D eigenvalue weighted by Crippen LogP contribution is -2.44. The maximum Gasteiger partial charge on any atom is 0.312 e. The van der Waals surface area contributed by atoms with Gasteiger partial charge in [0.05, 0.1) is 23.4 Å². The molecule has 0 radical (unpaired) electrons. The molecule has 7 unspecified atom stereocenters. The number of fused-ring (bicyclic) bond motifs is 1. The van der Waals surface area contributed by atoms with Crippen LogP contribution in [-0.2, 0) is 33.3 Å². The standard InChI is InChI=1S/C19H28O7/c1-6-9(2)16(20)25-14-10-7-11-13(18(22)26-15(11)14)12(10)17(21)23-8-24-19(3,4)5/h9-15H,6-8H2,1-5H3. The largest absolute Gasteiger partial charge is 0.458 e. The summed E-state index contributed by atoms with van der Waals surface area (Å²) in [4.78, 5) is 37.1. The Balaban J connectivity index is 1.70. The van der Waals surface area contributed by atoms with E-state index in [2.05, 4.69) is 0 Å². The molecule has 146 valence electrons. The van der Waals surface area contributed by atoms with Crippen molar-refractivity contribution in [2.45, 2.75) is 65.3 Å². The fourth-order valence-corrected chi connectivity index (χ4v) is 4.25. The van der Waals surface area contributed by atoms with Crippen LogP contribution < -0.4 is 0 Å². The third-order valence-electron chi connectivity index (χ3n) is 5.78. The van der Waals surface area contributed by atoms with Crippen molar-refractivity contribution in [2.75, 3.05) is 6.79 Å². The summed E-state index contributed by atoms with van der Waals surface area (Å²) in [6, 6.07) is 0. The zero-order chi connectivity index (χ0) is 19.2. The monoisotopic (exact) mass is 368 g/mol. The van der Waals surface area contributed by atoms with Crippen LogP contribution >= 0.6 is 0 Å². The summed E-state index contributed by atoms with van der Waals surface area (Å²) in [7, 11) is 0. The SMILES string of the molecule is CCC(C)C(=O)OC1C2CC3C1OC(=O)C3C2C(=O)OCOC(C)(C)C. The van der Waals surface area contributed by atoms with E-state index in [0.29, 0.717) is 12.8 Å². The zero-order valence-corrected chi connectivity index (χ0v) is 16.0. The van der Waals surface area contributed by atoms with Crippen LogP contribution in [0.25, 0.3) is 0 Å². The van der Waals surface area contributed by atoms with Gasteiger partial charge < -0.3 is 18.9 Å². The van der Waals surface area contributed by atoms with Gasteiger partial charge in [-0.2, -0.15) is 0 Å². The molecule has 0 spiro atoms. The van der Waals surface area contributed by atoms with Gasteiger partial charge in [0.25, 0.3) is 0 Å². The second-order valence-electron chi connectivity index (χ2n) is 8.57. The highest BCUT2D eigenvalue weighted by Gasteiger charge is 2.70. The minimum Gasteiger partial charge on any atom is -0.458 e. The predicted molar refractivity (Wildman–Crippen MR) is 89.6 cm³/mol. The van der Waals surface area contributed by atoms with E-state index in [9.17, 15) is 14.4 Å². The number of rotatable bonds is 6. The van der Waals surface area contributed by atoms with Crippen molar-refractivity contribution in [1.82, 2.24) is 0 Å². The van der Waals surface area contributed by atoms with Crippen molar-refractivity contribution in [1.29, 1.82) is 0 Å². The van der Waals surface area contributed by atoms with Crippen molar-refractivity contribution >= 4 is 17.9 Å². The van der Waals surface area contributed by atoms with Gasteiger partial charge >= 0.3 is 17.9 Å². The van der Waals surface area contributed by atoms with E-state index < -0.39 is 35.6 Å². The van der Waals surface area contributed by atoms with E-state index >= 15 is 0 Å². The van der Waals surface area contributed by atoms with E-state index in [1.54, 1.807) is 6.92 Å². The molecular formula is C19H28O7. The normalized spacial score (nSPS) is 36.0. The topological polar surface area (TPSA) is 88.1 Å². The third kappa shape index (κ3) is 3.33. The first kappa shape index (κ1) is 19.1. The highest BCUT2D eigenvalue weighted by molar-refractivity contribution is 5.86. The van der Waals surface area contributed by atoms with E-state index in [1.807, 2.05) is 27.7 Å². The summed E-state index contributed by atoms with van der Waals surface area (Å²) in [5.41, 5.74) is -0.430. The summed E-state index contributed by atoms with van der Waals surface area (Å²) in [5.74, 6) is -2.85. The Kier molecular flexibility index (Phi) is 5.03. The van der Waals surface area contributed by atoms with Crippen LogP contribution in [-0.4, -0.2) is 42.5 Å². The van der Waals surface area contributed by atoms with Crippen molar-refractivity contribution in [2.24, 2.45) is 29.6 Å². The van der Waals surface area contributed by atoms with Gasteiger partial charge in [-0.25, -0.2) is 0 Å². The van der Waals surface area contributed by atoms with Gasteiger partial charge in [-0.3, -0.25) is 14.4 Å². The minimum atomic E-state index is -0.635. The van der Waals surface area contributed by atoms with Crippen LogP contribution in [0.3, 0.4) is 0 Å². The lowest BCUT2D eigenvalue weighted by atomic mass is 9.78. The molecule has 1 heterocycles. The second kappa shape index (κ2) is 6.83. The second-order valence-corrected chi connectivity index (χ2v) is 8.57. The average Bonchev–Trinajstić information content (AvgIpc) is 3.16. The molecule has 1 saturated heterocycles. The Hall–Kier alpha value is -1.63. The summed E-state index contributed by atoms with van der Waals surface area (Å²) in [6.07, 6.45) is 0.313. The molecule has 2 bridgehead atoms. The fourth-order valence-electron chi connectivity index (χ4n) is 4.25. The fraction of sp³-hybridized carbons (Fsp3) is 0.842. The molecule has 1 aliphatic heterocycles. The van der Waals surface area contributed by atoms with Crippen molar-refractivity contribution in [3.05, 3.63) is 0 Å². The first-order valence-electron chi connectivity index (χ1n) is 9.35. The Morgan fingerprint density at radius 1 is 1.27 bits per heavy atom. The Bertz CT molecular complexity index is 593. The summed E-state index contributed by atoms with van der Waals surface area (Å²) < 4.78 is 21.8. The number of carbonyl (C=O) groups excluding carboxylic acids is 3. The Labute approximate surface area is 153 Å². The molecule has 0 N–H and O–H groups in total. The van der Waals surface area contributed by atoms with E-state index in [1.165, 1.54) is 0 Å². The number of carbonyl (C=O) groups is 3. The molecular weight excluding hydrogens is 340 g/mol. The van der Waals surface area contributed by atoms with Crippen molar-refractivity contribution < 1.29 is 33.3 Å². The van der Waals surface area contributed by atoms with Gasteiger partial charge in [0.2, 0.25) is 0 Å². The first-order chi connectivity index (χ1) is 12.1. The van der Waals surface area contributed by atoms with Gasteiger partial charge in [-0.15, -0.1) is 0 Å². The molecule has 3 rings (SSSR count). The van der Waals surface area contributed by atoms with Gasteiger partial charge in [0, 0.05) is 11.8 Å². The van der Waals surface area contributed by atoms with Crippen LogP contribution in [0.2, 0.25) is 0 Å². The number of hydrogen-bond acceptors (Lipinski definition) is 7. The molecule has 26 heavy (non-hydrogen) atoms. The number of ether oxygens (including phenoxy) is 4. The van der Waals surface area contributed by atoms with Crippen LogP contribution in [0.5, 0.6) is 0 Å². The lowest BCUT2D eigenvalue weighted by Gasteiger charge is -2.31. The molecule has 0 amide bonds.